The zero-order valence-electron chi connectivity index (χ0n) is 6.92. The Kier molecular flexibility index (Phi) is 9.60. The maximum Gasteiger partial charge on any atom is 0.198 e. The SMILES string of the molecule is C=C(P)C(C)C(=O)N[CH-]C.[Y]. The van der Waals surface area contributed by atoms with Crippen LogP contribution in [0.15, 0.2) is 11.9 Å². The topological polar surface area (TPSA) is 29.1 Å². The monoisotopic (exact) mass is 247 g/mol. The number of hydrogen-bond donors (Lipinski definition) is 1. The van der Waals surface area contributed by atoms with Crippen LogP contribution in [0.1, 0.15) is 13.8 Å². The second-order valence-corrected chi connectivity index (χ2v) is 2.84. The number of nitrogens with one attached hydrogen (secondary N) is 1. The van der Waals surface area contributed by atoms with Crippen molar-refractivity contribution in [2.75, 3.05) is 0 Å². The van der Waals surface area contributed by atoms with Crippen molar-refractivity contribution < 1.29 is 37.5 Å². The van der Waals surface area contributed by atoms with Gasteiger partial charge in [0.05, 0.1) is 5.92 Å². The van der Waals surface area contributed by atoms with Gasteiger partial charge >= 0.3 is 0 Å². The van der Waals surface area contributed by atoms with Crippen LogP contribution in [0.3, 0.4) is 0 Å². The van der Waals surface area contributed by atoms with E-state index in [1.807, 2.05) is 6.92 Å². The normalized spacial score (nSPS) is 11.2. The molecule has 2 unspecified atom stereocenters. The van der Waals surface area contributed by atoms with E-state index in [2.05, 4.69) is 21.1 Å². The van der Waals surface area contributed by atoms with Crippen LogP contribution in [0.2, 0.25) is 0 Å². The van der Waals surface area contributed by atoms with Crippen LogP contribution < -0.4 is 5.32 Å². The van der Waals surface area contributed by atoms with Crippen molar-refractivity contribution in [2.45, 2.75) is 13.8 Å². The number of carbonyl (C=O) groups excluding carboxylic acids is 1. The molecular formula is C7H13NOPY-. The van der Waals surface area contributed by atoms with Crippen LogP contribution in [-0.2, 0) is 37.5 Å². The van der Waals surface area contributed by atoms with Gasteiger partial charge < -0.3 is 5.32 Å². The van der Waals surface area contributed by atoms with E-state index in [1.54, 1.807) is 13.5 Å². The van der Waals surface area contributed by atoms with Gasteiger partial charge in [-0.15, -0.1) is 9.24 Å². The summed E-state index contributed by atoms with van der Waals surface area (Å²) in [5.41, 5.74) is 0. The summed E-state index contributed by atoms with van der Waals surface area (Å²) in [5.74, 6) is -0.135. The zero-order valence-corrected chi connectivity index (χ0v) is 10.9. The summed E-state index contributed by atoms with van der Waals surface area (Å²) in [6, 6.07) is 0. The van der Waals surface area contributed by atoms with Gasteiger partial charge in [-0.2, -0.15) is 6.92 Å². The molecule has 0 fully saturated rings. The third kappa shape index (κ3) is 5.96. The molecule has 1 N–H and O–H groups in total. The van der Waals surface area contributed by atoms with Gasteiger partial charge in [-0.3, -0.25) is 4.79 Å². The molecule has 61 valence electrons. The Morgan fingerprint density at radius 2 is 2.18 bits per heavy atom. The Morgan fingerprint density at radius 1 is 1.73 bits per heavy atom. The first kappa shape index (κ1) is 14.3. The van der Waals surface area contributed by atoms with Gasteiger partial charge in [-0.1, -0.05) is 6.58 Å². The Labute approximate surface area is 95.7 Å². The van der Waals surface area contributed by atoms with Crippen LogP contribution in [-0.4, -0.2) is 5.91 Å². The summed E-state index contributed by atoms with van der Waals surface area (Å²) in [6.07, 6.45) is 0. The molecule has 0 heterocycles. The average Bonchev–Trinajstić information content (AvgIpc) is 1.87. The van der Waals surface area contributed by atoms with E-state index in [1.165, 1.54) is 0 Å². The molecule has 0 saturated carbocycles. The third-order valence-corrected chi connectivity index (χ3v) is 1.74. The Morgan fingerprint density at radius 3 is 2.45 bits per heavy atom. The summed E-state index contributed by atoms with van der Waals surface area (Å²) in [7, 11) is 2.42. The van der Waals surface area contributed by atoms with E-state index in [-0.39, 0.29) is 44.5 Å². The van der Waals surface area contributed by atoms with E-state index < -0.39 is 0 Å². The van der Waals surface area contributed by atoms with Crippen LogP contribution >= 0.6 is 9.24 Å². The summed E-state index contributed by atoms with van der Waals surface area (Å²) < 4.78 is 0. The van der Waals surface area contributed by atoms with Crippen molar-refractivity contribution >= 4 is 15.1 Å². The van der Waals surface area contributed by atoms with Crippen molar-refractivity contribution in [1.29, 1.82) is 0 Å². The fourth-order valence-electron chi connectivity index (χ4n) is 0.436. The molecule has 1 amide bonds. The smallest absolute Gasteiger partial charge is 0.198 e. The average molecular weight is 247 g/mol. The predicted molar refractivity (Wildman–Crippen MR) is 46.1 cm³/mol. The molecule has 0 aliphatic carbocycles. The van der Waals surface area contributed by atoms with E-state index in [9.17, 15) is 4.79 Å². The second-order valence-electron chi connectivity index (χ2n) is 2.09. The van der Waals surface area contributed by atoms with Crippen molar-refractivity contribution in [3.05, 3.63) is 18.4 Å². The molecule has 1 radical (unpaired) electrons. The second kappa shape index (κ2) is 7.40. The minimum absolute atomic E-state index is 0. The maximum atomic E-state index is 11.0. The largest absolute Gasteiger partial charge is 0.505 e. The number of amides is 1. The number of carbonyl (C=O) groups is 1. The van der Waals surface area contributed by atoms with E-state index in [4.69, 9.17) is 0 Å². The molecule has 2 nitrogen and oxygen atoms in total. The molecule has 11 heavy (non-hydrogen) atoms. The van der Waals surface area contributed by atoms with Gasteiger partial charge in [-0.05, 0) is 12.2 Å². The maximum absolute atomic E-state index is 11.0. The van der Waals surface area contributed by atoms with E-state index >= 15 is 0 Å². The minimum atomic E-state index is -0.124. The van der Waals surface area contributed by atoms with Gasteiger partial charge in [0.25, 0.3) is 0 Å². The fraction of sp³-hybridized carbons (Fsp3) is 0.429. The molecule has 0 aliphatic heterocycles. The first-order valence-electron chi connectivity index (χ1n) is 3.12. The van der Waals surface area contributed by atoms with Crippen LogP contribution in [0, 0.1) is 12.5 Å². The summed E-state index contributed by atoms with van der Waals surface area (Å²) in [4.78, 5) is 11.0. The molecule has 0 aromatic rings. The first-order valence-corrected chi connectivity index (χ1v) is 3.69. The molecular weight excluding hydrogens is 234 g/mol. The fourth-order valence-corrected chi connectivity index (χ4v) is 0.587. The van der Waals surface area contributed by atoms with Crippen LogP contribution in [0.5, 0.6) is 0 Å². The quantitative estimate of drug-likeness (QED) is 0.591. The zero-order chi connectivity index (χ0) is 8.15. The molecule has 0 aromatic heterocycles. The first-order chi connectivity index (χ1) is 4.59. The van der Waals surface area contributed by atoms with Crippen LogP contribution in [0.25, 0.3) is 0 Å². The summed E-state index contributed by atoms with van der Waals surface area (Å²) in [6.45, 7) is 8.85. The van der Waals surface area contributed by atoms with Gasteiger partial charge in [-0.25, -0.2) is 6.54 Å². The van der Waals surface area contributed by atoms with Crippen molar-refractivity contribution in [3.8, 4) is 0 Å². The van der Waals surface area contributed by atoms with Crippen molar-refractivity contribution in [2.24, 2.45) is 5.92 Å². The predicted octanol–water partition coefficient (Wildman–Crippen LogP) is 1.31. The van der Waals surface area contributed by atoms with Gasteiger partial charge in [0.15, 0.2) is 5.91 Å². The van der Waals surface area contributed by atoms with Crippen molar-refractivity contribution in [3.63, 3.8) is 0 Å². The number of hydrogen-bond acceptors (Lipinski definition) is 1. The minimum Gasteiger partial charge on any atom is -0.505 e. The van der Waals surface area contributed by atoms with Crippen molar-refractivity contribution in [1.82, 2.24) is 5.32 Å². The molecule has 4 heteroatoms. The van der Waals surface area contributed by atoms with Gasteiger partial charge in [0.2, 0.25) is 0 Å². The van der Waals surface area contributed by atoms with Gasteiger partial charge in [0, 0.05) is 32.7 Å². The summed E-state index contributed by atoms with van der Waals surface area (Å²) in [5, 5.41) is 3.39. The molecule has 0 rings (SSSR count). The Hall–Kier alpha value is 0.744. The molecule has 0 aliphatic rings. The third-order valence-electron chi connectivity index (χ3n) is 1.24. The summed E-state index contributed by atoms with van der Waals surface area (Å²) >= 11 is 0. The van der Waals surface area contributed by atoms with Crippen LogP contribution in [0.4, 0.5) is 0 Å². The van der Waals surface area contributed by atoms with Gasteiger partial charge in [0.1, 0.15) is 0 Å². The number of rotatable bonds is 3. The molecule has 0 bridgehead atoms. The molecule has 0 aromatic carbocycles. The Balaban J connectivity index is 0. The van der Waals surface area contributed by atoms with E-state index in [0.717, 1.165) is 5.31 Å². The standard InChI is InChI=1S/C7H13NOP.Y/c1-4-8-7(9)5(2)6(3)10;/h4-5H,3,10H2,1-2H3,(H,8,9);/q-1;. The Bertz CT molecular complexity index is 149. The van der Waals surface area contributed by atoms with E-state index in [0.29, 0.717) is 0 Å². The molecule has 0 saturated heterocycles. The molecule has 2 atom stereocenters. The molecule has 0 spiro atoms.